The van der Waals surface area contributed by atoms with E-state index < -0.39 is 0 Å². The zero-order valence-corrected chi connectivity index (χ0v) is 14.2. The van der Waals surface area contributed by atoms with E-state index in [0.29, 0.717) is 41.8 Å². The van der Waals surface area contributed by atoms with Crippen LogP contribution >= 0.6 is 23.2 Å². The lowest BCUT2D eigenvalue weighted by Crippen LogP contribution is -2.52. The average Bonchev–Trinajstić information content (AvgIpc) is 3.07. The average molecular weight is 356 g/mol. The minimum Gasteiger partial charge on any atom is -0.339 e. The van der Waals surface area contributed by atoms with E-state index in [9.17, 15) is 9.59 Å². The van der Waals surface area contributed by atoms with Crippen molar-refractivity contribution in [1.29, 1.82) is 0 Å². The summed E-state index contributed by atoms with van der Waals surface area (Å²) < 4.78 is 0. The van der Waals surface area contributed by atoms with Gasteiger partial charge in [0.15, 0.2) is 0 Å². The number of benzene rings is 1. The van der Waals surface area contributed by atoms with Crippen LogP contribution in [-0.2, 0) is 4.79 Å². The summed E-state index contributed by atoms with van der Waals surface area (Å²) in [4.78, 5) is 28.5. The highest BCUT2D eigenvalue weighted by Gasteiger charge is 2.30. The molecule has 0 saturated carbocycles. The molecule has 2 fully saturated rings. The van der Waals surface area contributed by atoms with Gasteiger partial charge in [-0.2, -0.15) is 0 Å². The molecule has 5 nitrogen and oxygen atoms in total. The van der Waals surface area contributed by atoms with Gasteiger partial charge in [-0.3, -0.25) is 9.59 Å². The summed E-state index contributed by atoms with van der Waals surface area (Å²) in [6.45, 7) is 3.90. The molecule has 1 unspecified atom stereocenters. The SMILES string of the molecule is O=C(c1cc(Cl)cc(Cl)c1)N1CCN(C(=O)C2CCNC2)CC1. The molecule has 1 N–H and O–H groups in total. The molecule has 3 rings (SSSR count). The van der Waals surface area contributed by atoms with Gasteiger partial charge in [-0.1, -0.05) is 23.2 Å². The summed E-state index contributed by atoms with van der Waals surface area (Å²) in [5.74, 6) is 0.195. The lowest BCUT2D eigenvalue weighted by atomic mass is 10.1. The Morgan fingerprint density at radius 2 is 1.61 bits per heavy atom. The van der Waals surface area contributed by atoms with Crippen molar-refractivity contribution < 1.29 is 9.59 Å². The maximum absolute atomic E-state index is 12.5. The van der Waals surface area contributed by atoms with Gasteiger partial charge in [-0.05, 0) is 31.2 Å². The first kappa shape index (κ1) is 16.6. The topological polar surface area (TPSA) is 52.7 Å². The highest BCUT2D eigenvalue weighted by atomic mass is 35.5. The summed E-state index contributed by atoms with van der Waals surface area (Å²) in [5, 5.41) is 4.11. The van der Waals surface area contributed by atoms with Crippen LogP contribution in [0.15, 0.2) is 18.2 Å². The second kappa shape index (κ2) is 7.07. The normalized spacial score (nSPS) is 21.6. The third-order valence-electron chi connectivity index (χ3n) is 4.40. The summed E-state index contributed by atoms with van der Waals surface area (Å²) in [6, 6.07) is 4.85. The minimum absolute atomic E-state index is 0.0870. The van der Waals surface area contributed by atoms with Gasteiger partial charge in [0, 0.05) is 48.3 Å². The fourth-order valence-corrected chi connectivity index (χ4v) is 3.64. The lowest BCUT2D eigenvalue weighted by Gasteiger charge is -2.36. The molecule has 7 heteroatoms. The third-order valence-corrected chi connectivity index (χ3v) is 4.83. The second-order valence-electron chi connectivity index (χ2n) is 5.97. The number of halogens is 2. The van der Waals surface area contributed by atoms with E-state index in [4.69, 9.17) is 23.2 Å². The molecule has 0 radical (unpaired) electrons. The molecule has 23 heavy (non-hydrogen) atoms. The Morgan fingerprint density at radius 3 is 2.17 bits per heavy atom. The number of nitrogens with one attached hydrogen (secondary N) is 1. The third kappa shape index (κ3) is 3.79. The molecule has 2 saturated heterocycles. The number of hydrogen-bond acceptors (Lipinski definition) is 3. The Hall–Kier alpha value is -1.30. The molecule has 0 aliphatic carbocycles. The Labute approximate surface area is 145 Å². The van der Waals surface area contributed by atoms with Crippen LogP contribution in [0.3, 0.4) is 0 Å². The number of piperazine rings is 1. The lowest BCUT2D eigenvalue weighted by molar-refractivity contribution is -0.136. The van der Waals surface area contributed by atoms with E-state index in [1.54, 1.807) is 23.1 Å². The minimum atomic E-state index is -0.0935. The molecule has 1 aromatic carbocycles. The molecule has 2 amide bonds. The molecular formula is C16H19Cl2N3O2. The molecule has 1 aromatic rings. The van der Waals surface area contributed by atoms with Crippen LogP contribution in [0.5, 0.6) is 0 Å². The monoisotopic (exact) mass is 355 g/mol. The van der Waals surface area contributed by atoms with Gasteiger partial charge in [-0.15, -0.1) is 0 Å². The number of rotatable bonds is 2. The van der Waals surface area contributed by atoms with Crippen molar-refractivity contribution in [2.24, 2.45) is 5.92 Å². The van der Waals surface area contributed by atoms with Crippen LogP contribution in [0.25, 0.3) is 0 Å². The van der Waals surface area contributed by atoms with Gasteiger partial charge in [0.05, 0.1) is 5.92 Å². The van der Waals surface area contributed by atoms with Crippen molar-refractivity contribution in [3.8, 4) is 0 Å². The van der Waals surface area contributed by atoms with Crippen molar-refractivity contribution >= 4 is 35.0 Å². The number of nitrogens with zero attached hydrogens (tertiary/aromatic N) is 2. The van der Waals surface area contributed by atoms with Crippen LogP contribution in [0, 0.1) is 5.92 Å². The molecule has 0 spiro atoms. The highest BCUT2D eigenvalue weighted by molar-refractivity contribution is 6.35. The van der Waals surface area contributed by atoms with Crippen LogP contribution in [-0.4, -0.2) is 60.9 Å². The van der Waals surface area contributed by atoms with Gasteiger partial charge >= 0.3 is 0 Å². The maximum atomic E-state index is 12.5. The predicted octanol–water partition coefficient (Wildman–Crippen LogP) is 1.89. The Bertz CT molecular complexity index is 589. The number of carbonyl (C=O) groups is 2. The van der Waals surface area contributed by atoms with Crippen molar-refractivity contribution in [3.05, 3.63) is 33.8 Å². The summed E-state index contributed by atoms with van der Waals surface area (Å²) in [5.41, 5.74) is 0.488. The highest BCUT2D eigenvalue weighted by Crippen LogP contribution is 2.21. The first-order chi connectivity index (χ1) is 11.0. The Balaban J connectivity index is 1.59. The van der Waals surface area contributed by atoms with E-state index in [0.717, 1.165) is 19.5 Å². The molecule has 2 aliphatic heterocycles. The first-order valence-electron chi connectivity index (χ1n) is 7.79. The number of amides is 2. The summed E-state index contributed by atoms with van der Waals surface area (Å²) >= 11 is 11.9. The van der Waals surface area contributed by atoms with Crippen LogP contribution in [0.1, 0.15) is 16.8 Å². The van der Waals surface area contributed by atoms with Crippen molar-refractivity contribution in [2.45, 2.75) is 6.42 Å². The molecule has 124 valence electrons. The molecule has 2 heterocycles. The number of hydrogen-bond donors (Lipinski definition) is 1. The zero-order chi connectivity index (χ0) is 16.4. The van der Waals surface area contributed by atoms with Crippen molar-refractivity contribution in [3.63, 3.8) is 0 Å². The van der Waals surface area contributed by atoms with E-state index in [-0.39, 0.29) is 17.7 Å². The number of carbonyl (C=O) groups excluding carboxylic acids is 2. The van der Waals surface area contributed by atoms with Crippen LogP contribution in [0.2, 0.25) is 10.0 Å². The molecule has 0 aromatic heterocycles. The quantitative estimate of drug-likeness (QED) is 0.881. The van der Waals surface area contributed by atoms with Crippen molar-refractivity contribution in [2.75, 3.05) is 39.3 Å². The first-order valence-corrected chi connectivity index (χ1v) is 8.55. The predicted molar refractivity (Wildman–Crippen MR) is 89.9 cm³/mol. The largest absolute Gasteiger partial charge is 0.339 e. The van der Waals surface area contributed by atoms with E-state index in [2.05, 4.69) is 5.32 Å². The molecule has 2 aliphatic rings. The van der Waals surface area contributed by atoms with Gasteiger partial charge in [0.2, 0.25) is 5.91 Å². The molecule has 0 bridgehead atoms. The fraction of sp³-hybridized carbons (Fsp3) is 0.500. The smallest absolute Gasteiger partial charge is 0.254 e. The fourth-order valence-electron chi connectivity index (χ4n) is 3.11. The van der Waals surface area contributed by atoms with Crippen LogP contribution in [0.4, 0.5) is 0 Å². The maximum Gasteiger partial charge on any atom is 0.254 e. The molecule has 1 atom stereocenters. The zero-order valence-electron chi connectivity index (χ0n) is 12.7. The second-order valence-corrected chi connectivity index (χ2v) is 6.84. The van der Waals surface area contributed by atoms with E-state index in [1.165, 1.54) is 0 Å². The van der Waals surface area contributed by atoms with Crippen molar-refractivity contribution in [1.82, 2.24) is 15.1 Å². The van der Waals surface area contributed by atoms with E-state index in [1.807, 2.05) is 4.90 Å². The standard InChI is InChI=1S/C16H19Cl2N3O2/c17-13-7-12(8-14(18)9-13)16(23)21-5-3-20(4-6-21)15(22)11-1-2-19-10-11/h7-9,11,19H,1-6,10H2. The van der Waals surface area contributed by atoms with Gasteiger partial charge < -0.3 is 15.1 Å². The van der Waals surface area contributed by atoms with E-state index >= 15 is 0 Å². The summed E-state index contributed by atoms with van der Waals surface area (Å²) in [6.07, 6.45) is 0.902. The Kier molecular flexibility index (Phi) is 5.09. The van der Waals surface area contributed by atoms with Gasteiger partial charge in [0.25, 0.3) is 5.91 Å². The summed E-state index contributed by atoms with van der Waals surface area (Å²) in [7, 11) is 0. The molecular weight excluding hydrogens is 337 g/mol. The van der Waals surface area contributed by atoms with Crippen LogP contribution < -0.4 is 5.32 Å². The van der Waals surface area contributed by atoms with Gasteiger partial charge in [0.1, 0.15) is 0 Å². The Morgan fingerprint density at radius 1 is 1.00 bits per heavy atom. The van der Waals surface area contributed by atoms with Gasteiger partial charge in [-0.25, -0.2) is 0 Å².